The van der Waals surface area contributed by atoms with Crippen molar-refractivity contribution >= 4 is 5.91 Å². The number of nitrogens with zero attached hydrogens (tertiary/aromatic N) is 1. The molecule has 0 saturated heterocycles. The van der Waals surface area contributed by atoms with Crippen molar-refractivity contribution in [2.24, 2.45) is 0 Å². The third-order valence-electron chi connectivity index (χ3n) is 4.05. The van der Waals surface area contributed by atoms with Crippen LogP contribution in [0.25, 0.3) is 11.3 Å². The number of hydrogen-bond donors (Lipinski definition) is 3. The largest absolute Gasteiger partial charge is 0.386 e. The van der Waals surface area contributed by atoms with E-state index in [1.54, 1.807) is 25.1 Å². The number of aliphatic hydroxyl groups excluding tert-OH is 1. The summed E-state index contributed by atoms with van der Waals surface area (Å²) in [5.41, 5.74) is 0.953. The van der Waals surface area contributed by atoms with E-state index >= 15 is 0 Å². The SMILES string of the molecule is CC(NC(=O)c1cn[nH]c1-c1ccccc1F)C(O)c1cccc(F)c1. The Morgan fingerprint density at radius 1 is 1.19 bits per heavy atom. The topological polar surface area (TPSA) is 78.0 Å². The molecular weight excluding hydrogens is 340 g/mol. The average molecular weight is 357 g/mol. The monoisotopic (exact) mass is 357 g/mol. The molecule has 0 fully saturated rings. The van der Waals surface area contributed by atoms with Gasteiger partial charge in [-0.25, -0.2) is 8.78 Å². The molecule has 2 unspecified atom stereocenters. The predicted molar refractivity (Wildman–Crippen MR) is 92.3 cm³/mol. The molecule has 1 amide bonds. The minimum atomic E-state index is -1.10. The number of H-pyrrole nitrogens is 1. The molecule has 3 aromatic rings. The normalized spacial score (nSPS) is 13.2. The number of aromatic nitrogens is 2. The van der Waals surface area contributed by atoms with Crippen molar-refractivity contribution in [1.82, 2.24) is 15.5 Å². The van der Waals surface area contributed by atoms with Crippen molar-refractivity contribution in [2.75, 3.05) is 0 Å². The van der Waals surface area contributed by atoms with Gasteiger partial charge in [-0.2, -0.15) is 5.10 Å². The molecule has 134 valence electrons. The minimum Gasteiger partial charge on any atom is -0.386 e. The number of halogens is 2. The standard InChI is InChI=1S/C19H17F2N3O2/c1-11(18(25)12-5-4-6-13(20)9-12)23-19(26)15-10-22-24-17(15)14-7-2-3-8-16(14)21/h2-11,18,25H,1H3,(H,22,24)(H,23,26). The second-order valence-electron chi connectivity index (χ2n) is 5.90. The Balaban J connectivity index is 1.79. The molecule has 0 aliphatic carbocycles. The van der Waals surface area contributed by atoms with Crippen LogP contribution in [0.4, 0.5) is 8.78 Å². The van der Waals surface area contributed by atoms with Crippen molar-refractivity contribution in [3.8, 4) is 11.3 Å². The van der Waals surface area contributed by atoms with Crippen LogP contribution in [0, 0.1) is 11.6 Å². The smallest absolute Gasteiger partial charge is 0.255 e. The second kappa shape index (κ2) is 7.45. The molecule has 1 heterocycles. The molecule has 0 aliphatic heterocycles. The first kappa shape index (κ1) is 17.8. The summed E-state index contributed by atoms with van der Waals surface area (Å²) in [6.45, 7) is 1.59. The number of carbonyl (C=O) groups excluding carboxylic acids is 1. The molecule has 3 N–H and O–H groups in total. The van der Waals surface area contributed by atoms with Gasteiger partial charge in [-0.15, -0.1) is 0 Å². The number of benzene rings is 2. The van der Waals surface area contributed by atoms with Crippen LogP contribution in [0.1, 0.15) is 28.9 Å². The van der Waals surface area contributed by atoms with E-state index in [1.807, 2.05) is 0 Å². The highest BCUT2D eigenvalue weighted by Gasteiger charge is 2.23. The maximum atomic E-state index is 14.0. The van der Waals surface area contributed by atoms with Gasteiger partial charge in [-0.05, 0) is 36.8 Å². The first-order valence-electron chi connectivity index (χ1n) is 8.00. The zero-order chi connectivity index (χ0) is 18.7. The molecule has 0 spiro atoms. The summed E-state index contributed by atoms with van der Waals surface area (Å²) in [7, 11) is 0. The lowest BCUT2D eigenvalue weighted by atomic mass is 10.0. The fourth-order valence-electron chi connectivity index (χ4n) is 2.67. The van der Waals surface area contributed by atoms with E-state index in [1.165, 1.54) is 36.5 Å². The van der Waals surface area contributed by atoms with Crippen molar-refractivity contribution in [3.63, 3.8) is 0 Å². The number of aliphatic hydroxyl groups is 1. The highest BCUT2D eigenvalue weighted by molar-refractivity contribution is 5.99. The Kier molecular flexibility index (Phi) is 5.09. The first-order valence-corrected chi connectivity index (χ1v) is 8.00. The van der Waals surface area contributed by atoms with E-state index in [-0.39, 0.29) is 16.8 Å². The van der Waals surface area contributed by atoms with Crippen LogP contribution in [0.15, 0.2) is 54.7 Å². The van der Waals surface area contributed by atoms with Gasteiger partial charge in [0.2, 0.25) is 0 Å². The summed E-state index contributed by atoms with van der Waals surface area (Å²) in [6.07, 6.45) is 0.191. The number of amides is 1. The molecule has 0 bridgehead atoms. The minimum absolute atomic E-state index is 0.147. The Morgan fingerprint density at radius 3 is 2.69 bits per heavy atom. The van der Waals surface area contributed by atoms with E-state index < -0.39 is 29.7 Å². The van der Waals surface area contributed by atoms with E-state index in [4.69, 9.17) is 0 Å². The number of hydrogen-bond acceptors (Lipinski definition) is 3. The van der Waals surface area contributed by atoms with Gasteiger partial charge in [0.25, 0.3) is 5.91 Å². The summed E-state index contributed by atoms with van der Waals surface area (Å²) in [4.78, 5) is 12.5. The lowest BCUT2D eigenvalue weighted by molar-refractivity contribution is 0.0852. The van der Waals surface area contributed by atoms with E-state index in [2.05, 4.69) is 15.5 Å². The molecule has 1 aromatic heterocycles. The van der Waals surface area contributed by atoms with Crippen LogP contribution in [0.2, 0.25) is 0 Å². The first-order chi connectivity index (χ1) is 12.5. The van der Waals surface area contributed by atoms with Gasteiger partial charge in [-0.3, -0.25) is 9.89 Å². The molecule has 2 aromatic carbocycles. The molecule has 0 radical (unpaired) electrons. The van der Waals surface area contributed by atoms with Gasteiger partial charge < -0.3 is 10.4 Å². The van der Waals surface area contributed by atoms with Crippen LogP contribution in [-0.4, -0.2) is 27.3 Å². The highest BCUT2D eigenvalue weighted by atomic mass is 19.1. The summed E-state index contributed by atoms with van der Waals surface area (Å²) >= 11 is 0. The van der Waals surface area contributed by atoms with Gasteiger partial charge in [-0.1, -0.05) is 24.3 Å². The molecular formula is C19H17F2N3O2. The van der Waals surface area contributed by atoms with Gasteiger partial charge in [0.1, 0.15) is 11.6 Å². The zero-order valence-electron chi connectivity index (χ0n) is 13.9. The molecule has 7 heteroatoms. The summed E-state index contributed by atoms with van der Waals surface area (Å²) < 4.78 is 27.3. The lowest BCUT2D eigenvalue weighted by Gasteiger charge is -2.20. The number of carbonyl (C=O) groups is 1. The zero-order valence-corrected chi connectivity index (χ0v) is 13.9. The second-order valence-corrected chi connectivity index (χ2v) is 5.90. The van der Waals surface area contributed by atoms with Crippen molar-refractivity contribution in [3.05, 3.63) is 77.5 Å². The average Bonchev–Trinajstić information content (AvgIpc) is 3.11. The number of nitrogens with one attached hydrogen (secondary N) is 2. The van der Waals surface area contributed by atoms with Gasteiger partial charge >= 0.3 is 0 Å². The highest BCUT2D eigenvalue weighted by Crippen LogP contribution is 2.24. The number of aromatic amines is 1. The van der Waals surface area contributed by atoms with Crippen molar-refractivity contribution in [2.45, 2.75) is 19.1 Å². The molecule has 0 saturated carbocycles. The molecule has 3 rings (SSSR count). The van der Waals surface area contributed by atoms with Crippen LogP contribution < -0.4 is 5.32 Å². The van der Waals surface area contributed by atoms with Crippen LogP contribution in [0.3, 0.4) is 0 Å². The summed E-state index contributed by atoms with van der Waals surface area (Å²) in [5.74, 6) is -1.49. The third kappa shape index (κ3) is 3.62. The lowest BCUT2D eigenvalue weighted by Crippen LogP contribution is -2.37. The van der Waals surface area contributed by atoms with E-state index in [0.717, 1.165) is 0 Å². The predicted octanol–water partition coefficient (Wildman–Crippen LogP) is 3.21. The van der Waals surface area contributed by atoms with Gasteiger partial charge in [0, 0.05) is 5.56 Å². The fraction of sp³-hybridized carbons (Fsp3) is 0.158. The van der Waals surface area contributed by atoms with Crippen molar-refractivity contribution < 1.29 is 18.7 Å². The third-order valence-corrected chi connectivity index (χ3v) is 4.05. The Labute approximate surface area is 148 Å². The summed E-state index contributed by atoms with van der Waals surface area (Å²) in [5, 5.41) is 19.4. The summed E-state index contributed by atoms with van der Waals surface area (Å²) in [6, 6.07) is 10.8. The molecule has 0 aliphatic rings. The fourth-order valence-corrected chi connectivity index (χ4v) is 2.67. The quantitative estimate of drug-likeness (QED) is 0.656. The van der Waals surface area contributed by atoms with E-state index in [9.17, 15) is 18.7 Å². The van der Waals surface area contributed by atoms with Crippen LogP contribution in [-0.2, 0) is 0 Å². The molecule has 5 nitrogen and oxygen atoms in total. The Morgan fingerprint density at radius 2 is 1.96 bits per heavy atom. The Bertz CT molecular complexity index is 926. The molecule has 26 heavy (non-hydrogen) atoms. The number of rotatable bonds is 5. The van der Waals surface area contributed by atoms with Crippen LogP contribution >= 0.6 is 0 Å². The maximum absolute atomic E-state index is 14.0. The van der Waals surface area contributed by atoms with Crippen molar-refractivity contribution in [1.29, 1.82) is 0 Å². The van der Waals surface area contributed by atoms with E-state index in [0.29, 0.717) is 5.56 Å². The maximum Gasteiger partial charge on any atom is 0.255 e. The molecule has 2 atom stereocenters. The Hall–Kier alpha value is -3.06. The van der Waals surface area contributed by atoms with Gasteiger partial charge in [0.15, 0.2) is 0 Å². The van der Waals surface area contributed by atoms with Crippen LogP contribution in [0.5, 0.6) is 0 Å². The van der Waals surface area contributed by atoms with Gasteiger partial charge in [0.05, 0.1) is 29.6 Å².